The molecular weight excluding hydrogens is 184 g/mol. The van der Waals surface area contributed by atoms with Gasteiger partial charge in [0.25, 0.3) is 0 Å². The number of carbonyl (C=O) groups is 2. The van der Waals surface area contributed by atoms with Gasteiger partial charge in [-0.3, -0.25) is 9.59 Å². The average molecular weight is 198 g/mol. The van der Waals surface area contributed by atoms with E-state index in [4.69, 9.17) is 9.84 Å². The van der Waals surface area contributed by atoms with Gasteiger partial charge in [0.2, 0.25) is 0 Å². The predicted molar refractivity (Wildman–Crippen MR) is 51.5 cm³/mol. The van der Waals surface area contributed by atoms with Crippen LogP contribution in [-0.2, 0) is 14.3 Å². The second-order valence-corrected chi connectivity index (χ2v) is 2.66. The molecule has 4 heteroatoms. The van der Waals surface area contributed by atoms with Crippen molar-refractivity contribution in [2.45, 2.75) is 26.7 Å². The summed E-state index contributed by atoms with van der Waals surface area (Å²) in [5.41, 5.74) is 0. The van der Waals surface area contributed by atoms with Crippen LogP contribution < -0.4 is 0 Å². The van der Waals surface area contributed by atoms with Crippen LogP contribution in [0.5, 0.6) is 0 Å². The molecule has 0 spiro atoms. The maximum absolute atomic E-state index is 10.8. The summed E-state index contributed by atoms with van der Waals surface area (Å²) in [6.45, 7) is 3.58. The second kappa shape index (κ2) is 6.88. The highest BCUT2D eigenvalue weighted by atomic mass is 16.5. The normalized spacial score (nSPS) is 11.7. The van der Waals surface area contributed by atoms with E-state index in [1.165, 1.54) is 0 Å². The van der Waals surface area contributed by atoms with Crippen molar-refractivity contribution in [2.24, 2.45) is 0 Å². The van der Waals surface area contributed by atoms with E-state index in [0.29, 0.717) is 5.76 Å². The number of allylic oxidation sites excluding steroid dienone is 4. The average Bonchev–Trinajstić information content (AvgIpc) is 2.02. The molecule has 0 fully saturated rings. The Labute approximate surface area is 82.9 Å². The lowest BCUT2D eigenvalue weighted by atomic mass is 10.3. The third-order valence-corrected chi connectivity index (χ3v) is 1.27. The molecule has 0 aromatic rings. The molecule has 0 aliphatic heterocycles. The fourth-order valence-corrected chi connectivity index (χ4v) is 0.713. The van der Waals surface area contributed by atoms with E-state index in [2.05, 4.69) is 0 Å². The summed E-state index contributed by atoms with van der Waals surface area (Å²) in [4.78, 5) is 20.9. The number of hydrogen-bond acceptors (Lipinski definition) is 3. The van der Waals surface area contributed by atoms with Crippen molar-refractivity contribution in [1.29, 1.82) is 0 Å². The number of aliphatic carboxylic acids is 1. The summed E-state index contributed by atoms with van der Waals surface area (Å²) in [6.07, 6.45) is 5.55. The Hall–Kier alpha value is -1.58. The van der Waals surface area contributed by atoms with Gasteiger partial charge in [0.05, 0.1) is 0 Å². The zero-order chi connectivity index (χ0) is 11.0. The molecule has 78 valence electrons. The Kier molecular flexibility index (Phi) is 6.11. The Morgan fingerprint density at radius 3 is 2.57 bits per heavy atom. The molecule has 0 saturated heterocycles. The maximum atomic E-state index is 10.8. The van der Waals surface area contributed by atoms with Crippen LogP contribution >= 0.6 is 0 Å². The van der Waals surface area contributed by atoms with Crippen LogP contribution in [0.25, 0.3) is 0 Å². The number of hydrogen-bond donors (Lipinski definition) is 1. The van der Waals surface area contributed by atoms with Crippen molar-refractivity contribution in [3.8, 4) is 0 Å². The first-order valence-corrected chi connectivity index (χ1v) is 4.32. The molecular formula is C10H14O4. The third kappa shape index (κ3) is 7.09. The van der Waals surface area contributed by atoms with Crippen LogP contribution in [0.3, 0.4) is 0 Å². The van der Waals surface area contributed by atoms with E-state index in [1.807, 2.05) is 13.0 Å². The van der Waals surface area contributed by atoms with Crippen LogP contribution in [0, 0.1) is 0 Å². The van der Waals surface area contributed by atoms with Crippen LogP contribution in [0.15, 0.2) is 24.0 Å². The number of carboxylic acid groups (broad SMARTS) is 1. The first-order chi connectivity index (χ1) is 6.56. The van der Waals surface area contributed by atoms with E-state index < -0.39 is 18.4 Å². The number of carboxylic acids is 1. The molecule has 0 unspecified atom stereocenters. The van der Waals surface area contributed by atoms with Gasteiger partial charge in [-0.05, 0) is 19.4 Å². The lowest BCUT2D eigenvalue weighted by molar-refractivity contribution is -0.148. The van der Waals surface area contributed by atoms with Gasteiger partial charge in [0, 0.05) is 0 Å². The Balaban J connectivity index is 3.98. The molecule has 0 aliphatic rings. The summed E-state index contributed by atoms with van der Waals surface area (Å²) in [5, 5.41) is 8.28. The van der Waals surface area contributed by atoms with Crippen molar-refractivity contribution in [3.63, 3.8) is 0 Å². The Morgan fingerprint density at radius 2 is 2.07 bits per heavy atom. The highest BCUT2D eigenvalue weighted by molar-refractivity contribution is 5.90. The van der Waals surface area contributed by atoms with Gasteiger partial charge in [0.1, 0.15) is 12.2 Å². The van der Waals surface area contributed by atoms with Gasteiger partial charge < -0.3 is 9.84 Å². The number of ether oxygens (including phenoxy) is 1. The fraction of sp³-hybridized carbons (Fsp3) is 0.400. The van der Waals surface area contributed by atoms with E-state index in [1.54, 1.807) is 19.1 Å². The van der Waals surface area contributed by atoms with Crippen LogP contribution in [0.2, 0.25) is 0 Å². The number of esters is 1. The zero-order valence-electron chi connectivity index (χ0n) is 8.32. The van der Waals surface area contributed by atoms with Crippen molar-refractivity contribution in [2.75, 3.05) is 0 Å². The minimum absolute atomic E-state index is 0.390. The summed E-state index contributed by atoms with van der Waals surface area (Å²) >= 11 is 0. The van der Waals surface area contributed by atoms with E-state index in [9.17, 15) is 9.59 Å². The highest BCUT2D eigenvalue weighted by Gasteiger charge is 2.08. The molecule has 0 amide bonds. The molecule has 4 nitrogen and oxygen atoms in total. The Bertz CT molecular complexity index is 263. The third-order valence-electron chi connectivity index (χ3n) is 1.27. The van der Waals surface area contributed by atoms with E-state index >= 15 is 0 Å². The fourth-order valence-electron chi connectivity index (χ4n) is 0.713. The van der Waals surface area contributed by atoms with Crippen molar-refractivity contribution < 1.29 is 19.4 Å². The molecule has 0 aliphatic carbocycles. The monoisotopic (exact) mass is 198 g/mol. The van der Waals surface area contributed by atoms with Gasteiger partial charge in [0.15, 0.2) is 0 Å². The van der Waals surface area contributed by atoms with Gasteiger partial charge in [-0.2, -0.15) is 0 Å². The van der Waals surface area contributed by atoms with Crippen molar-refractivity contribution in [1.82, 2.24) is 0 Å². The predicted octanol–water partition coefficient (Wildman–Crippen LogP) is 1.87. The summed E-state index contributed by atoms with van der Waals surface area (Å²) in [7, 11) is 0. The quantitative estimate of drug-likeness (QED) is 0.317. The number of carbonyl (C=O) groups excluding carboxylic acids is 1. The standard InChI is InChI=1S/C10H14O4/c1-3-4-5-6-8(2)14-10(13)7-9(11)12/h4-6H,3,7H2,1-2H3,(H,11,12). The minimum atomic E-state index is -1.19. The second-order valence-electron chi connectivity index (χ2n) is 2.66. The van der Waals surface area contributed by atoms with Crippen LogP contribution in [0.1, 0.15) is 26.7 Å². The van der Waals surface area contributed by atoms with Gasteiger partial charge in [-0.1, -0.05) is 19.1 Å². The zero-order valence-corrected chi connectivity index (χ0v) is 8.32. The molecule has 0 rings (SSSR count). The van der Waals surface area contributed by atoms with E-state index in [-0.39, 0.29) is 0 Å². The van der Waals surface area contributed by atoms with Gasteiger partial charge >= 0.3 is 11.9 Å². The van der Waals surface area contributed by atoms with Gasteiger partial charge in [-0.15, -0.1) is 0 Å². The van der Waals surface area contributed by atoms with Crippen LogP contribution in [0.4, 0.5) is 0 Å². The van der Waals surface area contributed by atoms with Crippen LogP contribution in [-0.4, -0.2) is 17.0 Å². The molecule has 0 bridgehead atoms. The summed E-state index contributed by atoms with van der Waals surface area (Å²) in [6, 6.07) is 0. The van der Waals surface area contributed by atoms with Crippen molar-refractivity contribution in [3.05, 3.63) is 24.0 Å². The molecule has 0 heterocycles. The minimum Gasteiger partial charge on any atom is -0.481 e. The van der Waals surface area contributed by atoms with E-state index in [0.717, 1.165) is 6.42 Å². The highest BCUT2D eigenvalue weighted by Crippen LogP contribution is 1.99. The maximum Gasteiger partial charge on any atom is 0.322 e. The summed E-state index contributed by atoms with van der Waals surface area (Å²) in [5.74, 6) is -1.55. The SMILES string of the molecule is CCC=CC=C(C)OC(=O)CC(=O)O. The first-order valence-electron chi connectivity index (χ1n) is 4.32. The first kappa shape index (κ1) is 12.4. The smallest absolute Gasteiger partial charge is 0.322 e. The molecule has 0 saturated carbocycles. The number of rotatable bonds is 5. The molecule has 0 atom stereocenters. The molecule has 0 aromatic carbocycles. The topological polar surface area (TPSA) is 63.6 Å². The Morgan fingerprint density at radius 1 is 1.43 bits per heavy atom. The molecule has 14 heavy (non-hydrogen) atoms. The molecule has 0 aromatic heterocycles. The van der Waals surface area contributed by atoms with Crippen molar-refractivity contribution >= 4 is 11.9 Å². The van der Waals surface area contributed by atoms with Gasteiger partial charge in [-0.25, -0.2) is 0 Å². The lowest BCUT2D eigenvalue weighted by Gasteiger charge is -2.00. The molecule has 1 N–H and O–H groups in total. The molecule has 0 radical (unpaired) electrons. The summed E-state index contributed by atoms with van der Waals surface area (Å²) < 4.78 is 4.70. The largest absolute Gasteiger partial charge is 0.481 e. The lowest BCUT2D eigenvalue weighted by Crippen LogP contribution is -2.09.